The Morgan fingerprint density at radius 3 is 2.47 bits per heavy atom. The summed E-state index contributed by atoms with van der Waals surface area (Å²) in [5.41, 5.74) is 7.56. The second-order valence-electron chi connectivity index (χ2n) is 4.27. The smallest absolute Gasteiger partial charge is 0.221 e. The first-order chi connectivity index (χ1) is 9.12. The van der Waals surface area contributed by atoms with Crippen LogP contribution in [-0.2, 0) is 11.2 Å². The van der Waals surface area contributed by atoms with Crippen LogP contribution in [0.4, 0.5) is 0 Å². The highest BCUT2D eigenvalue weighted by molar-refractivity contribution is 5.76. The molecule has 0 aromatic heterocycles. The first kappa shape index (κ1) is 15.3. The molecule has 1 rings (SSSR count). The molecule has 5 nitrogen and oxygen atoms in total. The largest absolute Gasteiger partial charge is 0.493 e. The topological polar surface area (TPSA) is 73.6 Å². The van der Waals surface area contributed by atoms with Gasteiger partial charge in [-0.3, -0.25) is 4.79 Å². The van der Waals surface area contributed by atoms with Crippen molar-refractivity contribution in [1.29, 1.82) is 0 Å². The van der Waals surface area contributed by atoms with Crippen LogP contribution in [0.1, 0.15) is 17.5 Å². The van der Waals surface area contributed by atoms with Gasteiger partial charge in [-0.2, -0.15) is 0 Å². The third kappa shape index (κ3) is 4.44. The predicted octanol–water partition coefficient (Wildman–Crippen LogP) is 1.02. The van der Waals surface area contributed by atoms with E-state index in [1.165, 1.54) is 0 Å². The van der Waals surface area contributed by atoms with Crippen molar-refractivity contribution < 1.29 is 14.3 Å². The van der Waals surface area contributed by atoms with Gasteiger partial charge >= 0.3 is 0 Å². The van der Waals surface area contributed by atoms with Crippen LogP contribution in [0.15, 0.2) is 12.1 Å². The molecular formula is C14H22N2O3. The molecule has 0 bridgehead atoms. The summed E-state index contributed by atoms with van der Waals surface area (Å²) in [4.78, 5) is 11.3. The average molecular weight is 266 g/mol. The Balaban J connectivity index is 2.65. The quantitative estimate of drug-likeness (QED) is 0.773. The molecule has 0 heterocycles. The minimum absolute atomic E-state index is 0.0133. The summed E-state index contributed by atoms with van der Waals surface area (Å²) < 4.78 is 10.5. The fourth-order valence-electron chi connectivity index (χ4n) is 1.85. The van der Waals surface area contributed by atoms with Crippen LogP contribution in [0.3, 0.4) is 0 Å². The number of rotatable bonds is 7. The van der Waals surface area contributed by atoms with E-state index in [1.807, 2.05) is 19.1 Å². The van der Waals surface area contributed by atoms with Crippen LogP contribution in [0, 0.1) is 6.92 Å². The van der Waals surface area contributed by atoms with Crippen LogP contribution in [0.25, 0.3) is 0 Å². The van der Waals surface area contributed by atoms with E-state index in [0.29, 0.717) is 25.3 Å². The van der Waals surface area contributed by atoms with Gasteiger partial charge in [0.25, 0.3) is 0 Å². The van der Waals surface area contributed by atoms with Gasteiger partial charge < -0.3 is 20.5 Å². The van der Waals surface area contributed by atoms with Crippen LogP contribution in [-0.4, -0.2) is 33.2 Å². The van der Waals surface area contributed by atoms with E-state index in [0.717, 1.165) is 23.3 Å². The molecule has 3 N–H and O–H groups in total. The number of methoxy groups -OCH3 is 2. The molecule has 5 heteroatoms. The van der Waals surface area contributed by atoms with E-state index in [1.54, 1.807) is 14.2 Å². The number of hydrogen-bond acceptors (Lipinski definition) is 4. The summed E-state index contributed by atoms with van der Waals surface area (Å²) in [6.45, 7) is 2.98. The molecule has 0 spiro atoms. The lowest BCUT2D eigenvalue weighted by molar-refractivity contribution is -0.120. The van der Waals surface area contributed by atoms with Gasteiger partial charge in [-0.1, -0.05) is 0 Å². The predicted molar refractivity (Wildman–Crippen MR) is 74.7 cm³/mol. The molecule has 1 aromatic carbocycles. The molecular weight excluding hydrogens is 244 g/mol. The summed E-state index contributed by atoms with van der Waals surface area (Å²) in [5.74, 6) is 1.41. The highest BCUT2D eigenvalue weighted by atomic mass is 16.5. The maximum absolute atomic E-state index is 11.3. The Kier molecular flexibility index (Phi) is 6.15. The molecule has 0 radical (unpaired) electrons. The first-order valence-corrected chi connectivity index (χ1v) is 6.30. The number of ether oxygens (including phenoxy) is 2. The molecule has 0 aliphatic heterocycles. The Labute approximate surface area is 114 Å². The van der Waals surface area contributed by atoms with Crippen molar-refractivity contribution in [1.82, 2.24) is 5.32 Å². The van der Waals surface area contributed by atoms with Crippen molar-refractivity contribution in [2.24, 2.45) is 5.73 Å². The normalized spacial score (nSPS) is 10.1. The number of carbonyl (C=O) groups is 1. The number of amides is 1. The SMILES string of the molecule is COc1cc(C)c(CCNC(=O)CCN)cc1OC. The zero-order valence-corrected chi connectivity index (χ0v) is 11.8. The van der Waals surface area contributed by atoms with E-state index in [2.05, 4.69) is 5.32 Å². The van der Waals surface area contributed by atoms with E-state index in [-0.39, 0.29) is 5.91 Å². The van der Waals surface area contributed by atoms with Crippen molar-refractivity contribution in [3.8, 4) is 11.5 Å². The Hall–Kier alpha value is -1.75. The van der Waals surface area contributed by atoms with Crippen molar-refractivity contribution in [3.63, 3.8) is 0 Å². The molecule has 0 fully saturated rings. The van der Waals surface area contributed by atoms with Crippen molar-refractivity contribution in [2.45, 2.75) is 19.8 Å². The third-order valence-electron chi connectivity index (χ3n) is 2.93. The highest BCUT2D eigenvalue weighted by Gasteiger charge is 2.08. The standard InChI is InChI=1S/C14H22N2O3/c1-10-8-12(18-2)13(19-3)9-11(10)5-7-16-14(17)4-6-15/h8-9H,4-7,15H2,1-3H3,(H,16,17). The fourth-order valence-corrected chi connectivity index (χ4v) is 1.85. The molecule has 0 aliphatic carbocycles. The van der Waals surface area contributed by atoms with Crippen LogP contribution in [0.2, 0.25) is 0 Å². The number of aryl methyl sites for hydroxylation is 1. The maximum atomic E-state index is 11.3. The summed E-state index contributed by atoms with van der Waals surface area (Å²) in [5, 5.41) is 2.83. The molecule has 19 heavy (non-hydrogen) atoms. The van der Waals surface area contributed by atoms with Gasteiger partial charge in [0.1, 0.15) is 0 Å². The van der Waals surface area contributed by atoms with E-state index >= 15 is 0 Å². The molecule has 1 amide bonds. The second-order valence-corrected chi connectivity index (χ2v) is 4.27. The molecule has 0 unspecified atom stereocenters. The Bertz CT molecular complexity index is 433. The lowest BCUT2D eigenvalue weighted by Crippen LogP contribution is -2.27. The van der Waals surface area contributed by atoms with Gasteiger partial charge in [0.05, 0.1) is 14.2 Å². The summed E-state index contributed by atoms with van der Waals surface area (Å²) >= 11 is 0. The molecule has 0 saturated heterocycles. The Morgan fingerprint density at radius 1 is 1.26 bits per heavy atom. The molecule has 0 atom stereocenters. The Morgan fingerprint density at radius 2 is 1.89 bits per heavy atom. The van der Waals surface area contributed by atoms with Gasteiger partial charge in [-0.05, 0) is 36.6 Å². The zero-order chi connectivity index (χ0) is 14.3. The maximum Gasteiger partial charge on any atom is 0.221 e. The van der Waals surface area contributed by atoms with E-state index < -0.39 is 0 Å². The lowest BCUT2D eigenvalue weighted by atomic mass is 10.0. The second kappa shape index (κ2) is 7.63. The zero-order valence-electron chi connectivity index (χ0n) is 11.8. The summed E-state index contributed by atoms with van der Waals surface area (Å²) in [7, 11) is 3.23. The van der Waals surface area contributed by atoms with Crippen LogP contribution >= 0.6 is 0 Å². The molecule has 1 aromatic rings. The van der Waals surface area contributed by atoms with E-state index in [9.17, 15) is 4.79 Å². The van der Waals surface area contributed by atoms with Gasteiger partial charge in [0, 0.05) is 19.5 Å². The van der Waals surface area contributed by atoms with Crippen molar-refractivity contribution in [2.75, 3.05) is 27.3 Å². The minimum Gasteiger partial charge on any atom is -0.493 e. The first-order valence-electron chi connectivity index (χ1n) is 6.30. The monoisotopic (exact) mass is 266 g/mol. The minimum atomic E-state index is -0.0133. The van der Waals surface area contributed by atoms with Gasteiger partial charge in [0.2, 0.25) is 5.91 Å². The van der Waals surface area contributed by atoms with E-state index in [4.69, 9.17) is 15.2 Å². The number of hydrogen-bond donors (Lipinski definition) is 2. The van der Waals surface area contributed by atoms with Crippen molar-refractivity contribution in [3.05, 3.63) is 23.3 Å². The fraction of sp³-hybridized carbons (Fsp3) is 0.500. The summed E-state index contributed by atoms with van der Waals surface area (Å²) in [6, 6.07) is 3.89. The molecule has 0 saturated carbocycles. The number of nitrogens with one attached hydrogen (secondary N) is 1. The number of carbonyl (C=O) groups excluding carboxylic acids is 1. The third-order valence-corrected chi connectivity index (χ3v) is 2.93. The highest BCUT2D eigenvalue weighted by Crippen LogP contribution is 2.30. The average Bonchev–Trinajstić information content (AvgIpc) is 2.40. The van der Waals surface area contributed by atoms with Crippen molar-refractivity contribution >= 4 is 5.91 Å². The summed E-state index contributed by atoms with van der Waals surface area (Å²) in [6.07, 6.45) is 1.12. The number of nitrogens with two attached hydrogens (primary N) is 1. The molecule has 0 aliphatic rings. The van der Waals surface area contributed by atoms with Gasteiger partial charge in [-0.25, -0.2) is 0 Å². The van der Waals surface area contributed by atoms with Gasteiger partial charge in [-0.15, -0.1) is 0 Å². The lowest BCUT2D eigenvalue weighted by Gasteiger charge is -2.13. The number of benzene rings is 1. The van der Waals surface area contributed by atoms with Gasteiger partial charge in [0.15, 0.2) is 11.5 Å². The molecule has 106 valence electrons. The van der Waals surface area contributed by atoms with Crippen LogP contribution < -0.4 is 20.5 Å². The van der Waals surface area contributed by atoms with Crippen LogP contribution in [0.5, 0.6) is 11.5 Å².